The first-order valence-corrected chi connectivity index (χ1v) is 8.10. The SMILES string of the molecule is CN(Cc1ccc(Br)cc1)C(=O)C1C2CCC(C2)C1N.Cl. The highest BCUT2D eigenvalue weighted by atomic mass is 79.9. The van der Waals surface area contributed by atoms with Gasteiger partial charge in [-0.25, -0.2) is 0 Å². The van der Waals surface area contributed by atoms with Gasteiger partial charge in [-0.2, -0.15) is 0 Å². The van der Waals surface area contributed by atoms with Gasteiger partial charge < -0.3 is 10.6 Å². The van der Waals surface area contributed by atoms with Gasteiger partial charge in [-0.3, -0.25) is 4.79 Å². The van der Waals surface area contributed by atoms with E-state index in [4.69, 9.17) is 5.73 Å². The summed E-state index contributed by atoms with van der Waals surface area (Å²) in [5.41, 5.74) is 7.42. The summed E-state index contributed by atoms with van der Waals surface area (Å²) in [4.78, 5) is 14.5. The Balaban J connectivity index is 0.00000161. The number of nitrogens with zero attached hydrogens (tertiary/aromatic N) is 1. The van der Waals surface area contributed by atoms with Crippen LogP contribution in [-0.2, 0) is 11.3 Å². The highest BCUT2D eigenvalue weighted by Crippen LogP contribution is 2.48. The second kappa shape index (κ2) is 6.67. The van der Waals surface area contributed by atoms with E-state index in [1.165, 1.54) is 12.8 Å². The van der Waals surface area contributed by atoms with Crippen LogP contribution in [0.15, 0.2) is 28.7 Å². The van der Waals surface area contributed by atoms with Gasteiger partial charge in [0.15, 0.2) is 0 Å². The maximum absolute atomic E-state index is 12.7. The second-order valence-corrected chi connectivity index (χ2v) is 7.17. The van der Waals surface area contributed by atoms with Crippen molar-refractivity contribution in [3.05, 3.63) is 34.3 Å². The van der Waals surface area contributed by atoms with E-state index in [0.717, 1.165) is 16.5 Å². The zero-order valence-electron chi connectivity index (χ0n) is 12.2. The average Bonchev–Trinajstić information content (AvgIpc) is 3.01. The zero-order valence-corrected chi connectivity index (χ0v) is 14.6. The van der Waals surface area contributed by atoms with E-state index >= 15 is 0 Å². The summed E-state index contributed by atoms with van der Waals surface area (Å²) in [5.74, 6) is 1.38. The van der Waals surface area contributed by atoms with Crippen molar-refractivity contribution in [2.45, 2.75) is 31.8 Å². The third-order valence-electron chi connectivity index (χ3n) is 4.97. The number of hydrogen-bond acceptors (Lipinski definition) is 2. The van der Waals surface area contributed by atoms with Gasteiger partial charge in [0.05, 0.1) is 5.92 Å². The second-order valence-electron chi connectivity index (χ2n) is 6.26. The Kier molecular flexibility index (Phi) is 5.33. The molecule has 3 rings (SSSR count). The van der Waals surface area contributed by atoms with Crippen LogP contribution in [0.4, 0.5) is 0 Å². The van der Waals surface area contributed by atoms with Crippen LogP contribution in [0, 0.1) is 17.8 Å². The van der Waals surface area contributed by atoms with Gasteiger partial charge in [0, 0.05) is 24.1 Å². The Morgan fingerprint density at radius 1 is 1.29 bits per heavy atom. The van der Waals surface area contributed by atoms with E-state index in [1.54, 1.807) is 0 Å². The van der Waals surface area contributed by atoms with Crippen LogP contribution < -0.4 is 5.73 Å². The number of fused-ring (bicyclic) bond motifs is 2. The third kappa shape index (κ3) is 3.27. The number of carbonyl (C=O) groups excluding carboxylic acids is 1. The average molecular weight is 374 g/mol. The lowest BCUT2D eigenvalue weighted by Crippen LogP contribution is -2.45. The molecule has 2 bridgehead atoms. The molecule has 0 saturated heterocycles. The molecule has 1 aromatic carbocycles. The topological polar surface area (TPSA) is 46.3 Å². The predicted octanol–water partition coefficient (Wildman–Crippen LogP) is 3.20. The smallest absolute Gasteiger partial charge is 0.227 e. The van der Waals surface area contributed by atoms with Crippen LogP contribution in [-0.4, -0.2) is 23.9 Å². The molecule has 0 radical (unpaired) electrons. The minimum absolute atomic E-state index is 0. The van der Waals surface area contributed by atoms with Crippen molar-refractivity contribution in [1.82, 2.24) is 4.90 Å². The number of hydrogen-bond donors (Lipinski definition) is 1. The quantitative estimate of drug-likeness (QED) is 0.884. The first-order valence-electron chi connectivity index (χ1n) is 7.31. The standard InChI is InChI=1S/C16H21BrN2O.ClH/c1-19(9-10-2-6-13(17)7-3-10)16(20)14-11-4-5-12(8-11)15(14)18;/h2-3,6-7,11-12,14-15H,4-5,8-9,18H2,1H3;1H. The molecule has 5 heteroatoms. The fraction of sp³-hybridized carbons (Fsp3) is 0.562. The highest BCUT2D eigenvalue weighted by molar-refractivity contribution is 9.10. The fourth-order valence-electron chi connectivity index (χ4n) is 3.90. The molecule has 0 aliphatic heterocycles. The van der Waals surface area contributed by atoms with Crippen molar-refractivity contribution in [2.75, 3.05) is 7.05 Å². The third-order valence-corrected chi connectivity index (χ3v) is 5.50. The Bertz CT molecular complexity index is 506. The van der Waals surface area contributed by atoms with E-state index < -0.39 is 0 Å². The van der Waals surface area contributed by atoms with Crippen molar-refractivity contribution in [3.63, 3.8) is 0 Å². The molecule has 2 aliphatic rings. The summed E-state index contributed by atoms with van der Waals surface area (Å²) in [7, 11) is 1.89. The first kappa shape index (κ1) is 16.8. The molecule has 1 aromatic rings. The molecule has 2 saturated carbocycles. The number of nitrogens with two attached hydrogens (primary N) is 1. The highest BCUT2D eigenvalue weighted by Gasteiger charge is 2.49. The lowest BCUT2D eigenvalue weighted by atomic mass is 9.84. The van der Waals surface area contributed by atoms with Crippen LogP contribution in [0.25, 0.3) is 0 Å². The monoisotopic (exact) mass is 372 g/mol. The predicted molar refractivity (Wildman–Crippen MR) is 90.2 cm³/mol. The summed E-state index contributed by atoms with van der Waals surface area (Å²) in [6.45, 7) is 0.659. The molecule has 2 fully saturated rings. The van der Waals surface area contributed by atoms with E-state index in [-0.39, 0.29) is 30.3 Å². The summed E-state index contributed by atoms with van der Waals surface area (Å²) in [6.07, 6.45) is 3.55. The maximum atomic E-state index is 12.7. The molecule has 4 unspecified atom stereocenters. The fourth-order valence-corrected chi connectivity index (χ4v) is 4.16. The minimum atomic E-state index is 0. The lowest BCUT2D eigenvalue weighted by Gasteiger charge is -2.30. The van der Waals surface area contributed by atoms with Crippen molar-refractivity contribution < 1.29 is 4.79 Å². The summed E-state index contributed by atoms with van der Waals surface area (Å²) >= 11 is 3.43. The molecule has 0 aromatic heterocycles. The van der Waals surface area contributed by atoms with Gasteiger partial charge >= 0.3 is 0 Å². The number of halogens is 2. The van der Waals surface area contributed by atoms with Gasteiger partial charge in [0.2, 0.25) is 5.91 Å². The molecule has 0 heterocycles. The normalized spacial score (nSPS) is 30.0. The Hall–Kier alpha value is -0.580. The largest absolute Gasteiger partial charge is 0.341 e. The minimum Gasteiger partial charge on any atom is -0.341 e. The number of benzene rings is 1. The van der Waals surface area contributed by atoms with E-state index in [2.05, 4.69) is 28.1 Å². The molecule has 0 spiro atoms. The van der Waals surface area contributed by atoms with Gasteiger partial charge in [0.1, 0.15) is 0 Å². The molecular formula is C16H22BrClN2O. The van der Waals surface area contributed by atoms with Crippen molar-refractivity contribution in [3.8, 4) is 0 Å². The van der Waals surface area contributed by atoms with Crippen LogP contribution >= 0.6 is 28.3 Å². The molecule has 2 aliphatic carbocycles. The van der Waals surface area contributed by atoms with Crippen molar-refractivity contribution >= 4 is 34.2 Å². The van der Waals surface area contributed by atoms with Crippen molar-refractivity contribution in [2.24, 2.45) is 23.5 Å². The molecule has 21 heavy (non-hydrogen) atoms. The Labute approximate surface area is 140 Å². The van der Waals surface area contributed by atoms with Crippen LogP contribution in [0.2, 0.25) is 0 Å². The summed E-state index contributed by atoms with van der Waals surface area (Å²) < 4.78 is 1.06. The molecule has 1 amide bonds. The molecular weight excluding hydrogens is 352 g/mol. The van der Waals surface area contributed by atoms with Crippen molar-refractivity contribution in [1.29, 1.82) is 0 Å². The number of amides is 1. The number of rotatable bonds is 3. The summed E-state index contributed by atoms with van der Waals surface area (Å²) in [5, 5.41) is 0. The molecule has 116 valence electrons. The van der Waals surface area contributed by atoms with Crippen LogP contribution in [0.1, 0.15) is 24.8 Å². The lowest BCUT2D eigenvalue weighted by molar-refractivity contribution is -0.137. The molecule has 2 N–H and O–H groups in total. The van der Waals surface area contributed by atoms with Crippen LogP contribution in [0.5, 0.6) is 0 Å². The van der Waals surface area contributed by atoms with Crippen LogP contribution in [0.3, 0.4) is 0 Å². The van der Waals surface area contributed by atoms with Gasteiger partial charge in [0.25, 0.3) is 0 Å². The van der Waals surface area contributed by atoms with Gasteiger partial charge in [-0.1, -0.05) is 28.1 Å². The Morgan fingerprint density at radius 3 is 2.48 bits per heavy atom. The summed E-state index contributed by atoms with van der Waals surface area (Å²) in [6, 6.07) is 8.20. The van der Waals surface area contributed by atoms with E-state index in [9.17, 15) is 4.79 Å². The molecule has 4 atom stereocenters. The van der Waals surface area contributed by atoms with Gasteiger partial charge in [-0.15, -0.1) is 12.4 Å². The zero-order chi connectivity index (χ0) is 14.3. The Morgan fingerprint density at radius 2 is 1.90 bits per heavy atom. The maximum Gasteiger partial charge on any atom is 0.227 e. The van der Waals surface area contributed by atoms with Gasteiger partial charge in [-0.05, 0) is 48.8 Å². The first-order chi connectivity index (χ1) is 9.56. The number of carbonyl (C=O) groups is 1. The van der Waals surface area contributed by atoms with E-state index in [1.807, 2.05) is 24.1 Å². The van der Waals surface area contributed by atoms with E-state index in [0.29, 0.717) is 18.4 Å². The molecule has 3 nitrogen and oxygen atoms in total.